The molecule has 2 N–H and O–H groups in total. The molecule has 2 rings (SSSR count). The third-order valence-corrected chi connectivity index (χ3v) is 4.57. The van der Waals surface area contributed by atoms with Gasteiger partial charge in [0.15, 0.2) is 0 Å². The maximum atomic E-state index is 12.5. The van der Waals surface area contributed by atoms with Crippen molar-refractivity contribution in [2.24, 2.45) is 4.99 Å². The number of methoxy groups -OCH3 is 1. The number of hydrogen-bond donors (Lipinski definition) is 2. The Morgan fingerprint density at radius 1 is 1.33 bits per heavy atom. The van der Waals surface area contributed by atoms with Crippen LogP contribution in [0.2, 0.25) is 5.15 Å². The Balaban J connectivity index is 2.16. The lowest BCUT2D eigenvalue weighted by Gasteiger charge is -2.29. The van der Waals surface area contributed by atoms with E-state index in [2.05, 4.69) is 20.3 Å². The van der Waals surface area contributed by atoms with E-state index < -0.39 is 27.6 Å². The summed E-state index contributed by atoms with van der Waals surface area (Å²) in [4.78, 5) is 37.5. The van der Waals surface area contributed by atoms with Crippen LogP contribution in [-0.2, 0) is 10.0 Å². The molecular formula is C13H16ClN7O5S. The van der Waals surface area contributed by atoms with Crippen molar-refractivity contribution in [1.82, 2.24) is 24.5 Å². The molecule has 27 heavy (non-hydrogen) atoms. The van der Waals surface area contributed by atoms with E-state index in [1.807, 2.05) is 0 Å². The molecule has 1 atom stereocenters. The van der Waals surface area contributed by atoms with E-state index in [1.165, 1.54) is 50.7 Å². The summed E-state index contributed by atoms with van der Waals surface area (Å²) in [5.41, 5.74) is -1.67. The van der Waals surface area contributed by atoms with Gasteiger partial charge in [0.25, 0.3) is 15.5 Å². The van der Waals surface area contributed by atoms with Gasteiger partial charge in [0.1, 0.15) is 5.15 Å². The third-order valence-electron chi connectivity index (χ3n) is 3.01. The minimum atomic E-state index is -4.41. The van der Waals surface area contributed by atoms with Crippen molar-refractivity contribution < 1.29 is 22.7 Å². The SMILES string of the molecule is COc1cc(Cl)nc(NC(=O)NS(=O)(=O)C2N=CC=CN2C(=O)N(C)C)n1. The standard InChI is InChI=1S/C13H16ClN7O5S/c1-20(2)13(23)21-6-4-5-15-12(21)27(24,25)19-11(22)18-10-16-8(14)7-9(17-10)26-3/h4-7,12H,1-3H3,(H2,16,17,18,19,22). The van der Waals surface area contributed by atoms with Crippen molar-refractivity contribution in [1.29, 1.82) is 0 Å². The van der Waals surface area contributed by atoms with Crippen LogP contribution in [-0.4, -0.2) is 73.2 Å². The van der Waals surface area contributed by atoms with Crippen molar-refractivity contribution in [2.45, 2.75) is 5.50 Å². The van der Waals surface area contributed by atoms with Crippen LogP contribution in [0.25, 0.3) is 0 Å². The van der Waals surface area contributed by atoms with Gasteiger partial charge in [0.2, 0.25) is 11.8 Å². The number of aromatic nitrogens is 2. The van der Waals surface area contributed by atoms with E-state index in [1.54, 1.807) is 4.72 Å². The van der Waals surface area contributed by atoms with Gasteiger partial charge in [-0.25, -0.2) is 27.7 Å². The Bertz CT molecular complexity index is 902. The first-order valence-electron chi connectivity index (χ1n) is 7.25. The molecule has 0 radical (unpaired) electrons. The van der Waals surface area contributed by atoms with Crippen LogP contribution >= 0.6 is 11.6 Å². The van der Waals surface area contributed by atoms with Crippen molar-refractivity contribution in [3.63, 3.8) is 0 Å². The molecule has 0 spiro atoms. The first kappa shape index (κ1) is 20.4. The van der Waals surface area contributed by atoms with Gasteiger partial charge in [-0.1, -0.05) is 11.6 Å². The number of rotatable bonds is 4. The highest BCUT2D eigenvalue weighted by atomic mass is 35.5. The van der Waals surface area contributed by atoms with Gasteiger partial charge < -0.3 is 9.64 Å². The van der Waals surface area contributed by atoms with E-state index in [9.17, 15) is 18.0 Å². The predicted octanol–water partition coefficient (Wildman–Crippen LogP) is 0.455. The van der Waals surface area contributed by atoms with Crippen LogP contribution < -0.4 is 14.8 Å². The largest absolute Gasteiger partial charge is 0.481 e. The van der Waals surface area contributed by atoms with E-state index in [0.717, 1.165) is 4.90 Å². The van der Waals surface area contributed by atoms with Crippen LogP contribution in [0.1, 0.15) is 0 Å². The molecule has 1 aromatic heterocycles. The van der Waals surface area contributed by atoms with Crippen LogP contribution in [0.3, 0.4) is 0 Å². The summed E-state index contributed by atoms with van der Waals surface area (Å²) in [6.45, 7) is 0. The number of halogens is 1. The molecule has 12 nitrogen and oxygen atoms in total. The number of aliphatic imine (C=N–C) groups is 1. The molecule has 14 heteroatoms. The second-order valence-electron chi connectivity index (χ2n) is 5.21. The molecule has 0 saturated carbocycles. The number of nitrogens with one attached hydrogen (secondary N) is 2. The molecule has 0 fully saturated rings. The zero-order valence-electron chi connectivity index (χ0n) is 14.5. The highest BCUT2D eigenvalue weighted by Crippen LogP contribution is 2.17. The zero-order valence-corrected chi connectivity index (χ0v) is 16.0. The molecule has 2 heterocycles. The minimum absolute atomic E-state index is 0.0234. The van der Waals surface area contributed by atoms with E-state index in [0.29, 0.717) is 0 Å². The second-order valence-corrected chi connectivity index (χ2v) is 7.31. The minimum Gasteiger partial charge on any atom is -0.481 e. The number of ether oxygens (including phenoxy) is 1. The quantitative estimate of drug-likeness (QED) is 0.676. The summed E-state index contributed by atoms with van der Waals surface area (Å²) in [5.74, 6) is -0.210. The molecule has 0 aliphatic carbocycles. The molecule has 0 bridgehead atoms. The van der Waals surface area contributed by atoms with Crippen LogP contribution in [0.15, 0.2) is 23.3 Å². The van der Waals surface area contributed by atoms with Crippen LogP contribution in [0.4, 0.5) is 15.5 Å². The van der Waals surface area contributed by atoms with Gasteiger partial charge in [-0.2, -0.15) is 4.98 Å². The summed E-state index contributed by atoms with van der Waals surface area (Å²) in [5, 5.41) is 2.10. The Hall–Kier alpha value is -2.93. The van der Waals surface area contributed by atoms with Crippen molar-refractivity contribution >= 4 is 45.8 Å². The average molecular weight is 418 g/mol. The lowest BCUT2D eigenvalue weighted by molar-refractivity contribution is 0.184. The lowest BCUT2D eigenvalue weighted by atomic mass is 10.5. The molecule has 0 saturated heterocycles. The molecule has 1 aliphatic rings. The molecule has 1 unspecified atom stereocenters. The summed E-state index contributed by atoms with van der Waals surface area (Å²) < 4.78 is 31.6. The monoisotopic (exact) mass is 417 g/mol. The average Bonchev–Trinajstić information content (AvgIpc) is 2.59. The fourth-order valence-electron chi connectivity index (χ4n) is 1.89. The van der Waals surface area contributed by atoms with Gasteiger partial charge in [-0.3, -0.25) is 15.2 Å². The third kappa shape index (κ3) is 5.04. The molecular weight excluding hydrogens is 402 g/mol. The Morgan fingerprint density at radius 2 is 2.04 bits per heavy atom. The number of carbonyl (C=O) groups is 2. The second kappa shape index (κ2) is 8.18. The highest BCUT2D eigenvalue weighted by molar-refractivity contribution is 7.90. The van der Waals surface area contributed by atoms with Crippen LogP contribution in [0, 0.1) is 0 Å². The normalized spacial score (nSPS) is 16.0. The van der Waals surface area contributed by atoms with Crippen LogP contribution in [0.5, 0.6) is 5.88 Å². The van der Waals surface area contributed by atoms with Crippen molar-refractivity contribution in [3.05, 3.63) is 23.5 Å². The number of urea groups is 2. The highest BCUT2D eigenvalue weighted by Gasteiger charge is 2.36. The maximum Gasteiger partial charge on any atom is 0.335 e. The number of allylic oxidation sites excluding steroid dienone is 1. The van der Waals surface area contributed by atoms with Gasteiger partial charge in [0, 0.05) is 32.6 Å². The summed E-state index contributed by atoms with van der Waals surface area (Å²) in [7, 11) is -0.184. The van der Waals surface area contributed by atoms with E-state index >= 15 is 0 Å². The van der Waals surface area contributed by atoms with E-state index in [4.69, 9.17) is 16.3 Å². The van der Waals surface area contributed by atoms with Gasteiger partial charge in [0.05, 0.1) is 7.11 Å². The lowest BCUT2D eigenvalue weighted by Crippen LogP contribution is -2.51. The first-order valence-corrected chi connectivity index (χ1v) is 9.17. The zero-order chi connectivity index (χ0) is 20.2. The Morgan fingerprint density at radius 3 is 2.67 bits per heavy atom. The van der Waals surface area contributed by atoms with Gasteiger partial charge in [-0.05, 0) is 6.08 Å². The topological polar surface area (TPSA) is 146 Å². The van der Waals surface area contributed by atoms with E-state index in [-0.39, 0.29) is 17.0 Å². The van der Waals surface area contributed by atoms with Gasteiger partial charge in [-0.15, -0.1) is 0 Å². The number of nitrogens with zero attached hydrogens (tertiary/aromatic N) is 5. The number of anilines is 1. The number of amides is 4. The fraction of sp³-hybridized carbons (Fsp3) is 0.308. The summed E-state index contributed by atoms with van der Waals surface area (Å²) in [6, 6.07) is -0.502. The Kier molecular flexibility index (Phi) is 6.17. The maximum absolute atomic E-state index is 12.5. The molecule has 4 amide bonds. The molecule has 1 aliphatic heterocycles. The number of carbonyl (C=O) groups excluding carboxylic acids is 2. The number of hydrogen-bond acceptors (Lipinski definition) is 8. The first-order chi connectivity index (χ1) is 12.6. The Labute approximate surface area is 159 Å². The number of sulfonamides is 1. The van der Waals surface area contributed by atoms with Crippen molar-refractivity contribution in [3.8, 4) is 5.88 Å². The van der Waals surface area contributed by atoms with Crippen molar-refractivity contribution in [2.75, 3.05) is 26.5 Å². The fourth-order valence-corrected chi connectivity index (χ4v) is 3.16. The molecule has 0 aromatic carbocycles. The predicted molar refractivity (Wildman–Crippen MR) is 97.0 cm³/mol. The van der Waals surface area contributed by atoms with Gasteiger partial charge >= 0.3 is 12.1 Å². The smallest absolute Gasteiger partial charge is 0.335 e. The summed E-state index contributed by atoms with van der Waals surface area (Å²) in [6.07, 6.45) is 3.83. The summed E-state index contributed by atoms with van der Waals surface area (Å²) >= 11 is 5.75. The molecule has 1 aromatic rings. The molecule has 146 valence electrons.